The summed E-state index contributed by atoms with van der Waals surface area (Å²) in [6.07, 6.45) is 0.940. The molecule has 0 saturated carbocycles. The maximum atomic E-state index is 13.6. The molecular formula is C28H32ClN3O4S. The van der Waals surface area contributed by atoms with Gasteiger partial charge in [-0.25, -0.2) is 13.1 Å². The van der Waals surface area contributed by atoms with Gasteiger partial charge in [-0.1, -0.05) is 73.1 Å². The third-order valence-corrected chi connectivity index (χ3v) is 7.79. The summed E-state index contributed by atoms with van der Waals surface area (Å²) in [5, 5.41) is 3.29. The van der Waals surface area contributed by atoms with E-state index in [1.807, 2.05) is 42.5 Å². The van der Waals surface area contributed by atoms with Crippen LogP contribution in [0.4, 0.5) is 0 Å². The standard InChI is InChI=1S/C28H32ClN3O4S/c1-3-31-37(35,36)25-16-11-21(12-17-25)13-18-27(33)32(20-23-9-14-24(29)15-10-23)26(28(34)30-2)19-22-7-5-4-6-8-22/h4-12,14-17,26,31H,3,13,18-20H2,1-2H3,(H,30,34). The highest BCUT2D eigenvalue weighted by Crippen LogP contribution is 2.19. The van der Waals surface area contributed by atoms with Crippen molar-refractivity contribution >= 4 is 33.4 Å². The number of nitrogens with zero attached hydrogens (tertiary/aromatic N) is 1. The smallest absolute Gasteiger partial charge is 0.242 e. The molecule has 2 amide bonds. The van der Waals surface area contributed by atoms with E-state index in [2.05, 4.69) is 10.0 Å². The largest absolute Gasteiger partial charge is 0.357 e. The lowest BCUT2D eigenvalue weighted by Crippen LogP contribution is -2.49. The van der Waals surface area contributed by atoms with Gasteiger partial charge < -0.3 is 10.2 Å². The molecule has 0 spiro atoms. The summed E-state index contributed by atoms with van der Waals surface area (Å²) >= 11 is 6.04. The van der Waals surface area contributed by atoms with Crippen LogP contribution in [0.15, 0.2) is 83.8 Å². The van der Waals surface area contributed by atoms with Gasteiger partial charge in [-0.05, 0) is 47.4 Å². The molecule has 196 valence electrons. The van der Waals surface area contributed by atoms with E-state index >= 15 is 0 Å². The van der Waals surface area contributed by atoms with Crippen molar-refractivity contribution < 1.29 is 18.0 Å². The van der Waals surface area contributed by atoms with Gasteiger partial charge in [-0.15, -0.1) is 0 Å². The van der Waals surface area contributed by atoms with Crippen molar-refractivity contribution in [3.8, 4) is 0 Å². The van der Waals surface area contributed by atoms with Crippen LogP contribution >= 0.6 is 11.6 Å². The lowest BCUT2D eigenvalue weighted by Gasteiger charge is -2.31. The number of nitrogens with one attached hydrogen (secondary N) is 2. The Morgan fingerprint density at radius 3 is 2.11 bits per heavy atom. The van der Waals surface area contributed by atoms with Gasteiger partial charge in [-0.3, -0.25) is 9.59 Å². The topological polar surface area (TPSA) is 95.6 Å². The fourth-order valence-electron chi connectivity index (χ4n) is 4.01. The second-order valence-electron chi connectivity index (χ2n) is 8.61. The quantitative estimate of drug-likeness (QED) is 0.363. The van der Waals surface area contributed by atoms with Gasteiger partial charge in [0.15, 0.2) is 0 Å². The van der Waals surface area contributed by atoms with Crippen LogP contribution in [0.2, 0.25) is 5.02 Å². The molecule has 0 aliphatic rings. The van der Waals surface area contributed by atoms with Crippen LogP contribution in [-0.4, -0.2) is 44.8 Å². The zero-order valence-corrected chi connectivity index (χ0v) is 22.6. The number of hydrogen-bond donors (Lipinski definition) is 2. The summed E-state index contributed by atoms with van der Waals surface area (Å²) in [5.41, 5.74) is 2.63. The molecule has 1 unspecified atom stereocenters. The molecule has 3 rings (SSSR count). The van der Waals surface area contributed by atoms with Crippen LogP contribution in [0.3, 0.4) is 0 Å². The predicted octanol–water partition coefficient (Wildman–Crippen LogP) is 3.96. The molecule has 2 N–H and O–H groups in total. The summed E-state index contributed by atoms with van der Waals surface area (Å²) in [5.74, 6) is -0.423. The minimum atomic E-state index is -3.54. The molecule has 0 radical (unpaired) electrons. The van der Waals surface area contributed by atoms with Crippen molar-refractivity contribution in [2.45, 2.75) is 43.7 Å². The molecule has 0 saturated heterocycles. The van der Waals surface area contributed by atoms with Gasteiger partial charge >= 0.3 is 0 Å². The summed E-state index contributed by atoms with van der Waals surface area (Å²) in [6, 6.07) is 22.6. The molecule has 0 aliphatic carbocycles. The van der Waals surface area contributed by atoms with Gasteiger partial charge in [0.25, 0.3) is 0 Å². The van der Waals surface area contributed by atoms with E-state index in [1.54, 1.807) is 43.1 Å². The van der Waals surface area contributed by atoms with E-state index in [-0.39, 0.29) is 29.7 Å². The first-order chi connectivity index (χ1) is 17.7. The highest BCUT2D eigenvalue weighted by atomic mass is 35.5. The zero-order valence-electron chi connectivity index (χ0n) is 21.0. The summed E-state index contributed by atoms with van der Waals surface area (Å²) in [6.45, 7) is 2.27. The molecule has 3 aromatic rings. The molecular weight excluding hydrogens is 510 g/mol. The number of benzene rings is 3. The molecule has 9 heteroatoms. The van der Waals surface area contributed by atoms with E-state index in [1.165, 1.54) is 12.1 Å². The van der Waals surface area contributed by atoms with Crippen molar-refractivity contribution in [3.63, 3.8) is 0 Å². The van der Waals surface area contributed by atoms with Crippen LogP contribution in [0.1, 0.15) is 30.0 Å². The van der Waals surface area contributed by atoms with E-state index in [0.717, 1.165) is 16.7 Å². The highest BCUT2D eigenvalue weighted by molar-refractivity contribution is 7.89. The molecule has 1 atom stereocenters. The summed E-state index contributed by atoms with van der Waals surface area (Å²) < 4.78 is 26.8. The van der Waals surface area contributed by atoms with Crippen LogP contribution in [0.5, 0.6) is 0 Å². The lowest BCUT2D eigenvalue weighted by molar-refractivity contribution is -0.141. The monoisotopic (exact) mass is 541 g/mol. The average Bonchev–Trinajstić information content (AvgIpc) is 2.90. The molecule has 0 bridgehead atoms. The lowest BCUT2D eigenvalue weighted by atomic mass is 10.0. The van der Waals surface area contributed by atoms with Gasteiger partial charge in [0.1, 0.15) is 6.04 Å². The Labute approximate surface area is 223 Å². The first-order valence-corrected chi connectivity index (χ1v) is 14.0. The maximum Gasteiger partial charge on any atom is 0.242 e. The third kappa shape index (κ3) is 8.15. The second kappa shape index (κ2) is 13.4. The fraction of sp³-hybridized carbons (Fsp3) is 0.286. The normalized spacial score (nSPS) is 12.1. The van der Waals surface area contributed by atoms with Gasteiger partial charge in [0.2, 0.25) is 21.8 Å². The fourth-order valence-corrected chi connectivity index (χ4v) is 5.18. The van der Waals surface area contributed by atoms with Gasteiger partial charge in [0, 0.05) is 38.0 Å². The van der Waals surface area contributed by atoms with Crippen LogP contribution in [-0.2, 0) is 39.0 Å². The number of rotatable bonds is 12. The first kappa shape index (κ1) is 28.4. The molecule has 3 aromatic carbocycles. The summed E-state index contributed by atoms with van der Waals surface area (Å²) in [4.78, 5) is 28.3. The van der Waals surface area contributed by atoms with Crippen molar-refractivity contribution in [1.29, 1.82) is 0 Å². The number of carbonyl (C=O) groups is 2. The van der Waals surface area contributed by atoms with E-state index < -0.39 is 16.1 Å². The van der Waals surface area contributed by atoms with Gasteiger partial charge in [-0.2, -0.15) is 0 Å². The Morgan fingerprint density at radius 1 is 0.892 bits per heavy atom. The average molecular weight is 542 g/mol. The molecule has 0 fully saturated rings. The Hall–Kier alpha value is -3.20. The van der Waals surface area contributed by atoms with Crippen molar-refractivity contribution in [2.24, 2.45) is 0 Å². The molecule has 0 aliphatic heterocycles. The van der Waals surface area contributed by atoms with Crippen molar-refractivity contribution in [3.05, 3.63) is 101 Å². The van der Waals surface area contributed by atoms with Crippen LogP contribution < -0.4 is 10.0 Å². The minimum Gasteiger partial charge on any atom is -0.357 e. The molecule has 0 heterocycles. The zero-order chi connectivity index (χ0) is 26.8. The molecule has 7 nitrogen and oxygen atoms in total. The Kier molecular flexibility index (Phi) is 10.3. The third-order valence-electron chi connectivity index (χ3n) is 5.98. The second-order valence-corrected chi connectivity index (χ2v) is 10.8. The highest BCUT2D eigenvalue weighted by Gasteiger charge is 2.29. The SMILES string of the molecule is CCNS(=O)(=O)c1ccc(CCC(=O)N(Cc2ccc(Cl)cc2)C(Cc2ccccc2)C(=O)NC)cc1. The molecule has 0 aromatic heterocycles. The number of carbonyl (C=O) groups excluding carboxylic acids is 2. The summed E-state index contributed by atoms with van der Waals surface area (Å²) in [7, 11) is -1.98. The predicted molar refractivity (Wildman–Crippen MR) is 146 cm³/mol. The number of aryl methyl sites for hydroxylation is 1. The Bertz CT molecular complexity index is 1280. The van der Waals surface area contributed by atoms with E-state index in [0.29, 0.717) is 24.4 Å². The Morgan fingerprint density at radius 2 is 1.51 bits per heavy atom. The van der Waals surface area contributed by atoms with E-state index in [4.69, 9.17) is 11.6 Å². The van der Waals surface area contributed by atoms with Crippen molar-refractivity contribution in [1.82, 2.24) is 14.9 Å². The number of halogens is 1. The first-order valence-electron chi connectivity index (χ1n) is 12.1. The number of likely N-dealkylation sites (N-methyl/N-ethyl adjacent to an activating group) is 1. The number of sulfonamides is 1. The van der Waals surface area contributed by atoms with Crippen molar-refractivity contribution in [2.75, 3.05) is 13.6 Å². The Balaban J connectivity index is 1.82. The van der Waals surface area contributed by atoms with Crippen LogP contribution in [0.25, 0.3) is 0 Å². The minimum absolute atomic E-state index is 0.162. The number of amides is 2. The number of hydrogen-bond acceptors (Lipinski definition) is 4. The van der Waals surface area contributed by atoms with Gasteiger partial charge in [0.05, 0.1) is 4.90 Å². The maximum absolute atomic E-state index is 13.6. The molecule has 37 heavy (non-hydrogen) atoms. The van der Waals surface area contributed by atoms with E-state index in [9.17, 15) is 18.0 Å². The van der Waals surface area contributed by atoms with Crippen LogP contribution in [0, 0.1) is 0 Å².